The molecule has 1 aliphatic carbocycles. The number of halogens is 1. The molecule has 0 nitrogen and oxygen atoms in total. The number of thiophene rings is 1. The SMILES string of the molecule is Clc1ccc2c(c1)-c1cccc3ccc4sc5cccc-2c5c4c13. The van der Waals surface area contributed by atoms with Crippen LogP contribution in [-0.2, 0) is 0 Å². The van der Waals surface area contributed by atoms with E-state index < -0.39 is 0 Å². The van der Waals surface area contributed by atoms with Crippen molar-refractivity contribution in [3.05, 3.63) is 71.8 Å². The molecule has 0 radical (unpaired) electrons. The molecule has 1 aromatic heterocycles. The Kier molecular flexibility index (Phi) is 2.37. The lowest BCUT2D eigenvalue weighted by Gasteiger charge is -2.11. The zero-order chi connectivity index (χ0) is 15.8. The number of hydrogen-bond acceptors (Lipinski definition) is 1. The van der Waals surface area contributed by atoms with Gasteiger partial charge in [-0.15, -0.1) is 11.3 Å². The molecular weight excluding hydrogens is 332 g/mol. The van der Waals surface area contributed by atoms with Crippen LogP contribution < -0.4 is 0 Å². The van der Waals surface area contributed by atoms with E-state index >= 15 is 0 Å². The fraction of sp³-hybridized carbons (Fsp3) is 0. The second-order valence-corrected chi connectivity index (χ2v) is 7.83. The molecule has 0 atom stereocenters. The number of hydrogen-bond donors (Lipinski definition) is 0. The van der Waals surface area contributed by atoms with Gasteiger partial charge < -0.3 is 0 Å². The van der Waals surface area contributed by atoms with E-state index in [0.717, 1.165) is 5.02 Å². The standard InChI is InChI=1S/C22H11ClS/c23-13-8-9-14-15-5-2-6-18-21(15)22-19(24-18)10-7-12-3-1-4-16(20(12)22)17(14)11-13/h1-11H. The third-order valence-electron chi connectivity index (χ3n) is 5.07. The Labute approximate surface area is 147 Å². The molecule has 24 heavy (non-hydrogen) atoms. The zero-order valence-electron chi connectivity index (χ0n) is 12.6. The van der Waals surface area contributed by atoms with Gasteiger partial charge in [0.15, 0.2) is 0 Å². The van der Waals surface area contributed by atoms with Crippen molar-refractivity contribution < 1.29 is 0 Å². The normalized spacial score (nSPS) is 12.4. The van der Waals surface area contributed by atoms with Crippen molar-refractivity contribution in [3.63, 3.8) is 0 Å². The lowest BCUT2D eigenvalue weighted by molar-refractivity contribution is 1.64. The molecule has 0 aliphatic heterocycles. The van der Waals surface area contributed by atoms with Crippen molar-refractivity contribution >= 4 is 53.9 Å². The van der Waals surface area contributed by atoms with E-state index in [0.29, 0.717) is 0 Å². The largest absolute Gasteiger partial charge is 0.135 e. The zero-order valence-corrected chi connectivity index (χ0v) is 14.2. The van der Waals surface area contributed by atoms with Crippen molar-refractivity contribution in [2.45, 2.75) is 0 Å². The van der Waals surface area contributed by atoms with Crippen LogP contribution in [0.25, 0.3) is 53.2 Å². The lowest BCUT2D eigenvalue weighted by atomic mass is 9.94. The van der Waals surface area contributed by atoms with Crippen LogP contribution in [0.1, 0.15) is 0 Å². The first-order valence-electron chi connectivity index (χ1n) is 7.98. The molecule has 2 heteroatoms. The minimum atomic E-state index is 0.787. The van der Waals surface area contributed by atoms with Gasteiger partial charge in [0, 0.05) is 25.2 Å². The third-order valence-corrected chi connectivity index (χ3v) is 6.42. The van der Waals surface area contributed by atoms with Crippen molar-refractivity contribution in [3.8, 4) is 22.3 Å². The molecule has 1 aliphatic rings. The highest BCUT2D eigenvalue weighted by Crippen LogP contribution is 2.50. The average molecular weight is 343 g/mol. The summed E-state index contributed by atoms with van der Waals surface area (Å²) in [6, 6.07) is 24.0. The highest BCUT2D eigenvalue weighted by molar-refractivity contribution is 7.26. The molecule has 0 unspecified atom stereocenters. The van der Waals surface area contributed by atoms with Gasteiger partial charge in [0.1, 0.15) is 0 Å². The van der Waals surface area contributed by atoms with Gasteiger partial charge in [0.05, 0.1) is 0 Å². The second kappa shape index (κ2) is 4.38. The predicted molar refractivity (Wildman–Crippen MR) is 106 cm³/mol. The maximum absolute atomic E-state index is 6.36. The Morgan fingerprint density at radius 3 is 2.29 bits per heavy atom. The quantitative estimate of drug-likeness (QED) is 0.268. The van der Waals surface area contributed by atoms with Gasteiger partial charge in [-0.1, -0.05) is 54.1 Å². The number of fused-ring (bicyclic) bond motifs is 3. The minimum absolute atomic E-state index is 0.787. The molecule has 0 saturated carbocycles. The van der Waals surface area contributed by atoms with Crippen molar-refractivity contribution in [2.24, 2.45) is 0 Å². The maximum Gasteiger partial charge on any atom is 0.0412 e. The highest BCUT2D eigenvalue weighted by atomic mass is 35.5. The lowest BCUT2D eigenvalue weighted by Crippen LogP contribution is -1.85. The Hall–Kier alpha value is -2.35. The molecule has 0 amide bonds. The first-order chi connectivity index (χ1) is 11.8. The highest BCUT2D eigenvalue weighted by Gasteiger charge is 2.21. The summed E-state index contributed by atoms with van der Waals surface area (Å²) < 4.78 is 2.71. The van der Waals surface area contributed by atoms with E-state index in [9.17, 15) is 0 Å². The topological polar surface area (TPSA) is 0 Å². The predicted octanol–water partition coefficient (Wildman–Crippen LogP) is 7.51. The summed E-state index contributed by atoms with van der Waals surface area (Å²) in [5, 5.41) is 6.22. The number of benzene rings is 4. The smallest absolute Gasteiger partial charge is 0.0412 e. The van der Waals surface area contributed by atoms with Crippen molar-refractivity contribution in [2.75, 3.05) is 0 Å². The Balaban J connectivity index is 2.05. The Bertz CT molecular complexity index is 1310. The van der Waals surface area contributed by atoms with Gasteiger partial charge in [0.2, 0.25) is 0 Å². The van der Waals surface area contributed by atoms with E-state index in [2.05, 4.69) is 60.7 Å². The van der Waals surface area contributed by atoms with Crippen LogP contribution in [0.5, 0.6) is 0 Å². The molecule has 0 bridgehead atoms. The van der Waals surface area contributed by atoms with Gasteiger partial charge in [-0.3, -0.25) is 0 Å². The Morgan fingerprint density at radius 1 is 0.583 bits per heavy atom. The first kappa shape index (κ1) is 13.0. The van der Waals surface area contributed by atoms with Gasteiger partial charge >= 0.3 is 0 Å². The van der Waals surface area contributed by atoms with E-state index in [1.165, 1.54) is 53.2 Å². The molecule has 0 spiro atoms. The summed E-state index contributed by atoms with van der Waals surface area (Å²) in [7, 11) is 0. The summed E-state index contributed by atoms with van der Waals surface area (Å²) in [5.41, 5.74) is 5.10. The van der Waals surface area contributed by atoms with Gasteiger partial charge in [0.25, 0.3) is 0 Å². The maximum atomic E-state index is 6.36. The van der Waals surface area contributed by atoms with Crippen molar-refractivity contribution in [1.82, 2.24) is 0 Å². The molecular formula is C22H11ClS. The average Bonchev–Trinajstić information content (AvgIpc) is 2.94. The summed E-state index contributed by atoms with van der Waals surface area (Å²) in [5.74, 6) is 0. The Morgan fingerprint density at radius 2 is 1.38 bits per heavy atom. The molecule has 112 valence electrons. The molecule has 0 fully saturated rings. The van der Waals surface area contributed by atoms with E-state index in [-0.39, 0.29) is 0 Å². The van der Waals surface area contributed by atoms with Crippen LogP contribution in [-0.4, -0.2) is 0 Å². The molecule has 5 aromatic rings. The van der Waals surface area contributed by atoms with E-state index in [4.69, 9.17) is 11.6 Å². The van der Waals surface area contributed by atoms with E-state index in [1.54, 1.807) is 0 Å². The first-order valence-corrected chi connectivity index (χ1v) is 9.18. The summed E-state index contributed by atoms with van der Waals surface area (Å²) >= 11 is 8.24. The fourth-order valence-electron chi connectivity index (χ4n) is 4.11. The second-order valence-electron chi connectivity index (χ2n) is 6.31. The van der Waals surface area contributed by atoms with Crippen LogP contribution in [0.2, 0.25) is 5.02 Å². The molecule has 6 rings (SSSR count). The number of rotatable bonds is 0. The summed E-state index contributed by atoms with van der Waals surface area (Å²) in [6.45, 7) is 0. The van der Waals surface area contributed by atoms with Crippen LogP contribution in [0.15, 0.2) is 66.7 Å². The fourth-order valence-corrected chi connectivity index (χ4v) is 5.42. The summed E-state index contributed by atoms with van der Waals surface area (Å²) in [6.07, 6.45) is 0. The third kappa shape index (κ3) is 1.49. The van der Waals surface area contributed by atoms with Crippen LogP contribution in [0.4, 0.5) is 0 Å². The molecule has 1 heterocycles. The minimum Gasteiger partial charge on any atom is -0.135 e. The van der Waals surface area contributed by atoms with Gasteiger partial charge in [-0.2, -0.15) is 0 Å². The monoisotopic (exact) mass is 342 g/mol. The van der Waals surface area contributed by atoms with Gasteiger partial charge in [-0.05, 0) is 57.3 Å². The molecule has 0 saturated heterocycles. The molecule has 0 N–H and O–H groups in total. The van der Waals surface area contributed by atoms with Crippen LogP contribution in [0.3, 0.4) is 0 Å². The van der Waals surface area contributed by atoms with E-state index in [1.807, 2.05) is 17.4 Å². The van der Waals surface area contributed by atoms with Crippen molar-refractivity contribution in [1.29, 1.82) is 0 Å². The summed E-state index contributed by atoms with van der Waals surface area (Å²) in [4.78, 5) is 0. The van der Waals surface area contributed by atoms with Gasteiger partial charge in [-0.25, -0.2) is 0 Å². The van der Waals surface area contributed by atoms with Crippen LogP contribution >= 0.6 is 22.9 Å². The molecule has 4 aromatic carbocycles. The van der Waals surface area contributed by atoms with Crippen LogP contribution in [0, 0.1) is 0 Å².